The minimum Gasteiger partial charge on any atom is -0.494 e. The summed E-state index contributed by atoms with van der Waals surface area (Å²) in [5, 5.41) is 0.742. The summed E-state index contributed by atoms with van der Waals surface area (Å²) in [5.74, 6) is 1.37. The quantitative estimate of drug-likeness (QED) is 0.594. The van der Waals surface area contributed by atoms with Crippen LogP contribution in [0.15, 0.2) is 42.5 Å². The van der Waals surface area contributed by atoms with Gasteiger partial charge in [-0.3, -0.25) is 4.90 Å². The summed E-state index contributed by atoms with van der Waals surface area (Å²) >= 11 is 6.09. The van der Waals surface area contributed by atoms with Gasteiger partial charge in [0.1, 0.15) is 11.5 Å². The second-order valence-electron chi connectivity index (χ2n) is 7.46. The summed E-state index contributed by atoms with van der Waals surface area (Å²) < 4.78 is 11.4. The molecule has 2 aromatic carbocycles. The van der Waals surface area contributed by atoms with E-state index in [1.165, 1.54) is 10.5 Å². The normalized spacial score (nSPS) is 15.6. The zero-order valence-electron chi connectivity index (χ0n) is 17.7. The van der Waals surface area contributed by atoms with Crippen molar-refractivity contribution in [1.82, 2.24) is 9.80 Å². The third-order valence-corrected chi connectivity index (χ3v) is 5.42. The lowest BCUT2D eigenvalue weighted by Gasteiger charge is -2.27. The minimum absolute atomic E-state index is 0. The minimum atomic E-state index is -0.386. The standard InChI is InChI=1S/C23H27ClN2O3.ClH/c1-16-14-18(8-10-21(16)24)28-13-11-22-20-9-7-19(29-23(27)25(2)3)15-17(20)6-5-12-26(22)4;/h5-10,14-15,22H,11-13H2,1-4H3;1H. The Labute approximate surface area is 189 Å². The van der Waals surface area contributed by atoms with Gasteiger partial charge in [0, 0.05) is 38.1 Å². The van der Waals surface area contributed by atoms with E-state index in [1.807, 2.05) is 43.3 Å². The first-order chi connectivity index (χ1) is 13.8. The van der Waals surface area contributed by atoms with Crippen LogP contribution in [-0.2, 0) is 0 Å². The Morgan fingerprint density at radius 2 is 1.93 bits per heavy atom. The van der Waals surface area contributed by atoms with Crippen LogP contribution in [-0.4, -0.2) is 50.2 Å². The number of halogens is 2. The summed E-state index contributed by atoms with van der Waals surface area (Å²) in [7, 11) is 5.44. The Bertz CT molecular complexity index is 915. The number of hydrogen-bond donors (Lipinski definition) is 0. The summed E-state index contributed by atoms with van der Waals surface area (Å²) in [6.45, 7) is 3.40. The fraction of sp³-hybridized carbons (Fsp3) is 0.348. The molecule has 0 N–H and O–H groups in total. The molecule has 0 spiro atoms. The predicted octanol–water partition coefficient (Wildman–Crippen LogP) is 5.60. The molecule has 1 unspecified atom stereocenters. The highest BCUT2D eigenvalue weighted by Crippen LogP contribution is 2.32. The number of likely N-dealkylation sites (N-methyl/N-ethyl adjacent to an activating group) is 1. The van der Waals surface area contributed by atoms with E-state index in [9.17, 15) is 4.79 Å². The van der Waals surface area contributed by atoms with Gasteiger partial charge in [-0.15, -0.1) is 12.4 Å². The van der Waals surface area contributed by atoms with Crippen LogP contribution in [0, 0.1) is 6.92 Å². The smallest absolute Gasteiger partial charge is 0.414 e. The van der Waals surface area contributed by atoms with Gasteiger partial charge in [-0.05, 0) is 61.0 Å². The van der Waals surface area contributed by atoms with Crippen molar-refractivity contribution in [3.05, 3.63) is 64.2 Å². The average Bonchev–Trinajstić information content (AvgIpc) is 2.83. The Hall–Kier alpha value is -2.21. The molecule has 7 heteroatoms. The van der Waals surface area contributed by atoms with Crippen LogP contribution in [0.5, 0.6) is 11.5 Å². The number of aryl methyl sites for hydroxylation is 1. The van der Waals surface area contributed by atoms with Gasteiger partial charge in [0.05, 0.1) is 6.61 Å². The monoisotopic (exact) mass is 450 g/mol. The molecule has 1 aliphatic heterocycles. The fourth-order valence-corrected chi connectivity index (χ4v) is 3.46. The maximum atomic E-state index is 11.8. The van der Waals surface area contributed by atoms with Crippen LogP contribution < -0.4 is 9.47 Å². The second kappa shape index (κ2) is 10.7. The number of amides is 1. The Kier molecular flexibility index (Phi) is 8.59. The predicted molar refractivity (Wildman–Crippen MR) is 124 cm³/mol. The number of rotatable bonds is 5. The molecular weight excluding hydrogens is 423 g/mol. The number of benzene rings is 2. The van der Waals surface area contributed by atoms with Crippen molar-refractivity contribution < 1.29 is 14.3 Å². The number of carbonyl (C=O) groups is 1. The van der Waals surface area contributed by atoms with Crippen molar-refractivity contribution in [3.8, 4) is 11.5 Å². The summed E-state index contributed by atoms with van der Waals surface area (Å²) in [6.07, 6.45) is 4.66. The van der Waals surface area contributed by atoms with E-state index < -0.39 is 0 Å². The number of nitrogens with zero attached hydrogens (tertiary/aromatic N) is 2. The Morgan fingerprint density at radius 1 is 1.20 bits per heavy atom. The van der Waals surface area contributed by atoms with Crippen LogP contribution in [0.25, 0.3) is 6.08 Å². The highest BCUT2D eigenvalue weighted by Gasteiger charge is 2.22. The van der Waals surface area contributed by atoms with Crippen LogP contribution in [0.1, 0.15) is 29.2 Å². The first kappa shape index (κ1) is 24.1. The van der Waals surface area contributed by atoms with Crippen LogP contribution in [0.3, 0.4) is 0 Å². The van der Waals surface area contributed by atoms with E-state index in [2.05, 4.69) is 24.1 Å². The molecule has 1 aliphatic rings. The highest BCUT2D eigenvalue weighted by atomic mass is 35.5. The van der Waals surface area contributed by atoms with Crippen LogP contribution >= 0.6 is 24.0 Å². The molecule has 3 rings (SSSR count). The van der Waals surface area contributed by atoms with Gasteiger partial charge >= 0.3 is 6.09 Å². The van der Waals surface area contributed by atoms with E-state index in [4.69, 9.17) is 21.1 Å². The van der Waals surface area contributed by atoms with Crippen molar-refractivity contribution in [2.24, 2.45) is 0 Å². The van der Waals surface area contributed by atoms with Crippen molar-refractivity contribution in [1.29, 1.82) is 0 Å². The molecule has 30 heavy (non-hydrogen) atoms. The van der Waals surface area contributed by atoms with E-state index in [1.54, 1.807) is 14.1 Å². The second-order valence-corrected chi connectivity index (χ2v) is 7.87. The van der Waals surface area contributed by atoms with Crippen molar-refractivity contribution in [2.45, 2.75) is 19.4 Å². The fourth-order valence-electron chi connectivity index (χ4n) is 3.34. The van der Waals surface area contributed by atoms with Gasteiger partial charge in [0.2, 0.25) is 0 Å². The summed E-state index contributed by atoms with van der Waals surface area (Å²) in [5.41, 5.74) is 3.26. The zero-order chi connectivity index (χ0) is 21.0. The van der Waals surface area contributed by atoms with Crippen molar-refractivity contribution in [2.75, 3.05) is 34.3 Å². The Balaban J connectivity index is 0.00000320. The maximum absolute atomic E-state index is 11.8. The van der Waals surface area contributed by atoms with Crippen LogP contribution in [0.2, 0.25) is 5.02 Å². The first-order valence-corrected chi connectivity index (χ1v) is 10.0. The highest BCUT2D eigenvalue weighted by molar-refractivity contribution is 6.31. The van der Waals surface area contributed by atoms with Gasteiger partial charge in [-0.2, -0.15) is 0 Å². The molecule has 162 valence electrons. The first-order valence-electron chi connectivity index (χ1n) is 9.64. The molecule has 1 atom stereocenters. The van der Waals surface area contributed by atoms with Gasteiger partial charge in [0.25, 0.3) is 0 Å². The summed E-state index contributed by atoms with van der Waals surface area (Å²) in [6, 6.07) is 11.7. The molecule has 0 fully saturated rings. The molecule has 5 nitrogen and oxygen atoms in total. The zero-order valence-corrected chi connectivity index (χ0v) is 19.3. The number of fused-ring (bicyclic) bond motifs is 1. The molecule has 0 saturated heterocycles. The maximum Gasteiger partial charge on any atom is 0.414 e. The molecule has 0 aliphatic carbocycles. The average molecular weight is 451 g/mol. The molecule has 0 aromatic heterocycles. The largest absolute Gasteiger partial charge is 0.494 e. The third-order valence-electron chi connectivity index (χ3n) is 5.00. The SMILES string of the molecule is Cc1cc(OCCC2c3ccc(OC(=O)N(C)C)cc3C=CCN2C)ccc1Cl.Cl. The van der Waals surface area contributed by atoms with E-state index in [-0.39, 0.29) is 24.5 Å². The van der Waals surface area contributed by atoms with Gasteiger partial charge in [0.15, 0.2) is 0 Å². The van der Waals surface area contributed by atoms with Crippen molar-refractivity contribution >= 4 is 36.2 Å². The molecule has 2 aromatic rings. The van der Waals surface area contributed by atoms with Crippen molar-refractivity contribution in [3.63, 3.8) is 0 Å². The van der Waals surface area contributed by atoms with Gasteiger partial charge in [-0.25, -0.2) is 4.79 Å². The molecule has 0 bridgehead atoms. The Morgan fingerprint density at radius 3 is 2.63 bits per heavy atom. The van der Waals surface area contributed by atoms with E-state index in [0.717, 1.165) is 34.9 Å². The van der Waals surface area contributed by atoms with Gasteiger partial charge < -0.3 is 14.4 Å². The molecule has 1 heterocycles. The van der Waals surface area contributed by atoms with Crippen LogP contribution in [0.4, 0.5) is 4.79 Å². The lowest BCUT2D eigenvalue weighted by atomic mass is 9.97. The molecule has 0 radical (unpaired) electrons. The molecule has 1 amide bonds. The van der Waals surface area contributed by atoms with E-state index >= 15 is 0 Å². The number of hydrogen-bond acceptors (Lipinski definition) is 4. The molecular formula is C23H28Cl2N2O3. The lowest BCUT2D eigenvalue weighted by Crippen LogP contribution is -2.26. The summed E-state index contributed by atoms with van der Waals surface area (Å²) in [4.78, 5) is 15.5. The van der Waals surface area contributed by atoms with E-state index in [0.29, 0.717) is 12.4 Å². The molecule has 0 saturated carbocycles. The number of carbonyl (C=O) groups excluding carboxylic acids is 1. The topological polar surface area (TPSA) is 42.0 Å². The lowest BCUT2D eigenvalue weighted by molar-refractivity contribution is 0.172. The van der Waals surface area contributed by atoms with Gasteiger partial charge in [-0.1, -0.05) is 29.8 Å². The number of ether oxygens (including phenoxy) is 2. The third kappa shape index (κ3) is 5.91.